The minimum atomic E-state index is -1.18. The van der Waals surface area contributed by atoms with Gasteiger partial charge in [-0.1, -0.05) is 6.07 Å². The molecule has 1 aromatic carbocycles. The summed E-state index contributed by atoms with van der Waals surface area (Å²) < 4.78 is 26.5. The molecule has 2 aromatic rings. The average Bonchev–Trinajstić information content (AvgIpc) is 2.43. The summed E-state index contributed by atoms with van der Waals surface area (Å²) in [4.78, 5) is 26.6. The minimum absolute atomic E-state index is 0.0384. The highest BCUT2D eigenvalue weighted by Gasteiger charge is 2.15. The van der Waals surface area contributed by atoms with Gasteiger partial charge in [0, 0.05) is 0 Å². The van der Waals surface area contributed by atoms with Gasteiger partial charge in [0.25, 0.3) is 5.91 Å². The molecule has 0 aliphatic rings. The zero-order valence-electron chi connectivity index (χ0n) is 10.9. The Labute approximate surface area is 118 Å². The van der Waals surface area contributed by atoms with Crippen molar-refractivity contribution in [1.29, 1.82) is 0 Å². The van der Waals surface area contributed by atoms with Gasteiger partial charge in [0.2, 0.25) is 0 Å². The van der Waals surface area contributed by atoms with Crippen molar-refractivity contribution in [2.45, 2.75) is 6.92 Å². The third-order valence-corrected chi connectivity index (χ3v) is 2.75. The maximum absolute atomic E-state index is 13.4. The Balaban J connectivity index is 2.27. The largest absolute Gasteiger partial charge is 0.478 e. The molecule has 0 radical (unpaired) electrons. The number of anilines is 1. The molecule has 0 atom stereocenters. The number of nitrogens with zero attached hydrogens (tertiary/aromatic N) is 1. The second kappa shape index (κ2) is 5.66. The number of pyridine rings is 1. The van der Waals surface area contributed by atoms with Crippen molar-refractivity contribution in [2.75, 3.05) is 5.32 Å². The fourth-order valence-electron chi connectivity index (χ4n) is 1.70. The van der Waals surface area contributed by atoms with Crippen LogP contribution in [-0.4, -0.2) is 22.0 Å². The van der Waals surface area contributed by atoms with Crippen LogP contribution in [0.15, 0.2) is 30.3 Å². The SMILES string of the molecule is Cc1nc(C(=O)Nc2cccc(F)c2F)ccc1C(=O)O. The van der Waals surface area contributed by atoms with Gasteiger partial charge in [-0.25, -0.2) is 18.6 Å². The van der Waals surface area contributed by atoms with E-state index in [2.05, 4.69) is 10.3 Å². The summed E-state index contributed by atoms with van der Waals surface area (Å²) in [5, 5.41) is 11.0. The molecule has 1 amide bonds. The van der Waals surface area contributed by atoms with E-state index >= 15 is 0 Å². The van der Waals surface area contributed by atoms with E-state index in [-0.39, 0.29) is 22.6 Å². The predicted octanol–water partition coefficient (Wildman–Crippen LogP) is 2.62. The van der Waals surface area contributed by atoms with E-state index in [4.69, 9.17) is 5.11 Å². The van der Waals surface area contributed by atoms with Crippen molar-refractivity contribution in [2.24, 2.45) is 0 Å². The molecule has 0 saturated heterocycles. The van der Waals surface area contributed by atoms with E-state index in [0.717, 1.165) is 6.07 Å². The van der Waals surface area contributed by atoms with Crippen molar-refractivity contribution < 1.29 is 23.5 Å². The van der Waals surface area contributed by atoms with Crippen LogP contribution in [-0.2, 0) is 0 Å². The quantitative estimate of drug-likeness (QED) is 0.911. The smallest absolute Gasteiger partial charge is 0.337 e. The Morgan fingerprint density at radius 1 is 1.19 bits per heavy atom. The normalized spacial score (nSPS) is 10.2. The molecule has 1 aromatic heterocycles. The number of aromatic carboxylic acids is 1. The fourth-order valence-corrected chi connectivity index (χ4v) is 1.70. The lowest BCUT2D eigenvalue weighted by Crippen LogP contribution is -2.16. The van der Waals surface area contributed by atoms with Crippen molar-refractivity contribution in [1.82, 2.24) is 4.98 Å². The molecule has 0 spiro atoms. The first kappa shape index (κ1) is 14.6. The van der Waals surface area contributed by atoms with E-state index in [0.29, 0.717) is 0 Å². The topological polar surface area (TPSA) is 79.3 Å². The maximum Gasteiger partial charge on any atom is 0.337 e. The summed E-state index contributed by atoms with van der Waals surface area (Å²) >= 11 is 0. The van der Waals surface area contributed by atoms with Crippen LogP contribution >= 0.6 is 0 Å². The van der Waals surface area contributed by atoms with E-state index in [9.17, 15) is 18.4 Å². The first-order valence-corrected chi connectivity index (χ1v) is 5.86. The lowest BCUT2D eigenvalue weighted by atomic mass is 10.2. The van der Waals surface area contributed by atoms with Crippen LogP contribution < -0.4 is 5.32 Å². The molecular formula is C14H10F2N2O3. The minimum Gasteiger partial charge on any atom is -0.478 e. The number of benzene rings is 1. The highest BCUT2D eigenvalue weighted by atomic mass is 19.2. The van der Waals surface area contributed by atoms with Crippen LogP contribution in [0.3, 0.4) is 0 Å². The molecule has 21 heavy (non-hydrogen) atoms. The van der Waals surface area contributed by atoms with E-state index in [1.165, 1.54) is 31.2 Å². The second-order valence-corrected chi connectivity index (χ2v) is 4.19. The molecule has 7 heteroatoms. The first-order chi connectivity index (χ1) is 9.90. The van der Waals surface area contributed by atoms with Crippen LogP contribution in [0.1, 0.15) is 26.5 Å². The maximum atomic E-state index is 13.4. The third kappa shape index (κ3) is 3.02. The molecule has 0 unspecified atom stereocenters. The third-order valence-electron chi connectivity index (χ3n) is 2.75. The Morgan fingerprint density at radius 2 is 1.90 bits per heavy atom. The van der Waals surface area contributed by atoms with Gasteiger partial charge in [-0.3, -0.25) is 4.79 Å². The Kier molecular flexibility index (Phi) is 3.93. The Bertz CT molecular complexity index is 732. The van der Waals surface area contributed by atoms with Gasteiger partial charge in [0.05, 0.1) is 16.9 Å². The van der Waals surface area contributed by atoms with Gasteiger partial charge in [-0.05, 0) is 31.2 Å². The number of hydrogen-bond acceptors (Lipinski definition) is 3. The zero-order valence-corrected chi connectivity index (χ0v) is 10.9. The monoisotopic (exact) mass is 292 g/mol. The number of carbonyl (C=O) groups is 2. The number of carboxylic acid groups (broad SMARTS) is 1. The van der Waals surface area contributed by atoms with Crippen LogP contribution in [0.5, 0.6) is 0 Å². The lowest BCUT2D eigenvalue weighted by molar-refractivity contribution is 0.0695. The molecule has 0 aliphatic heterocycles. The van der Waals surface area contributed by atoms with Crippen LogP contribution in [0.4, 0.5) is 14.5 Å². The number of nitrogens with one attached hydrogen (secondary N) is 1. The molecule has 2 N–H and O–H groups in total. The molecule has 0 aliphatic carbocycles. The molecule has 108 valence electrons. The fraction of sp³-hybridized carbons (Fsp3) is 0.0714. The van der Waals surface area contributed by atoms with Gasteiger partial charge in [-0.15, -0.1) is 0 Å². The number of rotatable bonds is 3. The molecule has 2 rings (SSSR count). The van der Waals surface area contributed by atoms with Crippen molar-refractivity contribution in [3.05, 3.63) is 58.9 Å². The van der Waals surface area contributed by atoms with E-state index in [1.54, 1.807) is 0 Å². The summed E-state index contributed by atoms with van der Waals surface area (Å²) in [5.41, 5.74) is -0.304. The number of carboxylic acids is 1. The molecule has 0 fully saturated rings. The van der Waals surface area contributed by atoms with Gasteiger partial charge >= 0.3 is 5.97 Å². The van der Waals surface area contributed by atoms with Gasteiger partial charge < -0.3 is 10.4 Å². The standard InChI is InChI=1S/C14H10F2N2O3/c1-7-8(14(20)21)5-6-11(17-7)13(19)18-10-4-2-3-9(15)12(10)16/h2-6H,1H3,(H,18,19)(H,20,21). The average molecular weight is 292 g/mol. The number of amides is 1. The van der Waals surface area contributed by atoms with Gasteiger partial charge in [-0.2, -0.15) is 0 Å². The predicted molar refractivity (Wildman–Crippen MR) is 70.2 cm³/mol. The van der Waals surface area contributed by atoms with Crippen LogP contribution in [0, 0.1) is 18.6 Å². The molecular weight excluding hydrogens is 282 g/mol. The number of aromatic nitrogens is 1. The molecule has 0 bridgehead atoms. The Morgan fingerprint density at radius 3 is 2.52 bits per heavy atom. The number of carbonyl (C=O) groups excluding carboxylic acids is 1. The summed E-state index contributed by atoms with van der Waals surface area (Å²) in [7, 11) is 0. The lowest BCUT2D eigenvalue weighted by Gasteiger charge is -2.07. The summed E-state index contributed by atoms with van der Waals surface area (Å²) in [6.45, 7) is 1.43. The number of hydrogen-bond donors (Lipinski definition) is 2. The van der Waals surface area contributed by atoms with Gasteiger partial charge in [0.1, 0.15) is 5.69 Å². The zero-order chi connectivity index (χ0) is 15.6. The summed E-state index contributed by atoms with van der Waals surface area (Å²) in [6, 6.07) is 5.80. The van der Waals surface area contributed by atoms with Gasteiger partial charge in [0.15, 0.2) is 11.6 Å². The van der Waals surface area contributed by atoms with Crippen molar-refractivity contribution in [3.63, 3.8) is 0 Å². The second-order valence-electron chi connectivity index (χ2n) is 4.19. The number of aryl methyl sites for hydroxylation is 1. The summed E-state index contributed by atoms with van der Waals surface area (Å²) in [5.74, 6) is -4.19. The highest BCUT2D eigenvalue weighted by Crippen LogP contribution is 2.17. The molecule has 5 nitrogen and oxygen atoms in total. The van der Waals surface area contributed by atoms with E-state index < -0.39 is 23.5 Å². The van der Waals surface area contributed by atoms with Crippen molar-refractivity contribution >= 4 is 17.6 Å². The first-order valence-electron chi connectivity index (χ1n) is 5.86. The van der Waals surface area contributed by atoms with E-state index in [1.807, 2.05) is 0 Å². The van der Waals surface area contributed by atoms with Crippen molar-refractivity contribution in [3.8, 4) is 0 Å². The van der Waals surface area contributed by atoms with Crippen LogP contribution in [0.2, 0.25) is 0 Å². The highest BCUT2D eigenvalue weighted by molar-refractivity contribution is 6.03. The molecule has 1 heterocycles. The molecule has 0 saturated carbocycles. The summed E-state index contributed by atoms with van der Waals surface area (Å²) in [6.07, 6.45) is 0. The van der Waals surface area contributed by atoms with Crippen LogP contribution in [0.25, 0.3) is 0 Å². The number of halogens is 2. The Hall–Kier alpha value is -2.83.